The van der Waals surface area contributed by atoms with Crippen LogP contribution in [-0.4, -0.2) is 34.6 Å². The van der Waals surface area contributed by atoms with Gasteiger partial charge in [0, 0.05) is 4.91 Å². The first-order valence-electron chi connectivity index (χ1n) is 5.42. The molecule has 0 aliphatic carbocycles. The van der Waals surface area contributed by atoms with E-state index in [0.29, 0.717) is 5.69 Å². The van der Waals surface area contributed by atoms with Crippen molar-refractivity contribution in [3.05, 3.63) is 39.8 Å². The predicted molar refractivity (Wildman–Crippen MR) is 64.4 cm³/mol. The van der Waals surface area contributed by atoms with E-state index in [1.165, 1.54) is 18.2 Å². The zero-order chi connectivity index (χ0) is 14.0. The van der Waals surface area contributed by atoms with E-state index in [1.807, 2.05) is 0 Å². The summed E-state index contributed by atoms with van der Waals surface area (Å²) < 4.78 is 0. The molecule has 3 N–H and O–H groups in total. The van der Waals surface area contributed by atoms with Gasteiger partial charge in [-0.1, -0.05) is 17.2 Å². The smallest absolute Gasteiger partial charge is 0.296 e. The highest BCUT2D eigenvalue weighted by atomic mass is 16.3. The Morgan fingerprint density at radius 2 is 2.11 bits per heavy atom. The van der Waals surface area contributed by atoms with Crippen molar-refractivity contribution in [2.75, 3.05) is 11.9 Å². The maximum Gasteiger partial charge on any atom is 0.296 e. The molecule has 1 aliphatic rings. The Kier molecular flexibility index (Phi) is 3.48. The van der Waals surface area contributed by atoms with Gasteiger partial charge in [-0.15, -0.1) is 0 Å². The number of azide groups is 1. The second-order valence-electron chi connectivity index (χ2n) is 3.98. The van der Waals surface area contributed by atoms with Gasteiger partial charge in [0.15, 0.2) is 0 Å². The molecule has 1 aromatic carbocycles. The van der Waals surface area contributed by atoms with Crippen molar-refractivity contribution in [1.82, 2.24) is 0 Å². The summed E-state index contributed by atoms with van der Waals surface area (Å²) in [5, 5.41) is 25.1. The molecule has 8 heteroatoms. The van der Waals surface area contributed by atoms with Crippen LogP contribution in [0.25, 0.3) is 10.4 Å². The standard InChI is InChI=1S/C11H10N4O4/c12-15-13-4-7(16)9(17)5-2-1-3-6-8(5)10(18)11(19)14-6/h1-3,7,9,16-17H,4H2,(H,14,18,19). The first-order chi connectivity index (χ1) is 9.06. The second kappa shape index (κ2) is 5.07. The van der Waals surface area contributed by atoms with Gasteiger partial charge in [-0.2, -0.15) is 0 Å². The van der Waals surface area contributed by atoms with E-state index in [0.717, 1.165) is 0 Å². The third-order valence-corrected chi connectivity index (χ3v) is 2.79. The molecule has 0 spiro atoms. The fourth-order valence-electron chi connectivity index (χ4n) is 1.89. The van der Waals surface area contributed by atoms with Gasteiger partial charge in [-0.05, 0) is 17.2 Å². The lowest BCUT2D eigenvalue weighted by Crippen LogP contribution is -2.23. The van der Waals surface area contributed by atoms with Crippen molar-refractivity contribution in [1.29, 1.82) is 0 Å². The van der Waals surface area contributed by atoms with Crippen LogP contribution in [0, 0.1) is 0 Å². The summed E-state index contributed by atoms with van der Waals surface area (Å²) in [6, 6.07) is 4.49. The minimum absolute atomic E-state index is 0.0417. The summed E-state index contributed by atoms with van der Waals surface area (Å²) in [5.41, 5.74) is 8.62. The van der Waals surface area contributed by atoms with Gasteiger partial charge < -0.3 is 15.5 Å². The van der Waals surface area contributed by atoms with Crippen LogP contribution in [-0.2, 0) is 4.79 Å². The van der Waals surface area contributed by atoms with E-state index in [-0.39, 0.29) is 17.7 Å². The van der Waals surface area contributed by atoms with E-state index < -0.39 is 23.9 Å². The Morgan fingerprint density at radius 1 is 1.37 bits per heavy atom. The molecule has 19 heavy (non-hydrogen) atoms. The summed E-state index contributed by atoms with van der Waals surface area (Å²) >= 11 is 0. The number of hydrogen-bond donors (Lipinski definition) is 3. The van der Waals surface area contributed by atoms with Gasteiger partial charge in [-0.3, -0.25) is 9.59 Å². The highest BCUT2D eigenvalue weighted by Gasteiger charge is 2.33. The molecule has 0 bridgehead atoms. The van der Waals surface area contributed by atoms with Gasteiger partial charge in [0.05, 0.1) is 23.9 Å². The summed E-state index contributed by atoms with van der Waals surface area (Å²) in [7, 11) is 0. The molecule has 0 fully saturated rings. The van der Waals surface area contributed by atoms with Gasteiger partial charge in [0.25, 0.3) is 11.7 Å². The molecule has 1 amide bonds. The summed E-state index contributed by atoms with van der Waals surface area (Å²) in [5.74, 6) is -1.54. The maximum absolute atomic E-state index is 11.7. The van der Waals surface area contributed by atoms with E-state index in [4.69, 9.17) is 5.53 Å². The van der Waals surface area contributed by atoms with Crippen LogP contribution in [0.1, 0.15) is 22.0 Å². The topological polar surface area (TPSA) is 135 Å². The number of aliphatic hydroxyl groups excluding tert-OH is 2. The lowest BCUT2D eigenvalue weighted by Gasteiger charge is -2.18. The van der Waals surface area contributed by atoms with Crippen molar-refractivity contribution in [2.45, 2.75) is 12.2 Å². The number of rotatable bonds is 4. The average Bonchev–Trinajstić information content (AvgIpc) is 2.70. The fraction of sp³-hybridized carbons (Fsp3) is 0.273. The van der Waals surface area contributed by atoms with Crippen molar-refractivity contribution in [3.63, 3.8) is 0 Å². The third kappa shape index (κ3) is 2.27. The average molecular weight is 262 g/mol. The monoisotopic (exact) mass is 262 g/mol. The number of amides is 1. The molecule has 2 rings (SSSR count). The van der Waals surface area contributed by atoms with Crippen LogP contribution >= 0.6 is 0 Å². The number of fused-ring (bicyclic) bond motifs is 1. The first-order valence-corrected chi connectivity index (χ1v) is 5.42. The Labute approximate surface area is 107 Å². The van der Waals surface area contributed by atoms with Crippen molar-refractivity contribution < 1.29 is 19.8 Å². The number of nitrogens with one attached hydrogen (secondary N) is 1. The van der Waals surface area contributed by atoms with E-state index in [1.54, 1.807) is 0 Å². The normalized spacial score (nSPS) is 16.3. The molecule has 0 saturated heterocycles. The van der Waals surface area contributed by atoms with Crippen LogP contribution in [0.4, 0.5) is 5.69 Å². The Bertz CT molecular complexity index is 594. The molecule has 2 atom stereocenters. The number of benzene rings is 1. The molecule has 0 radical (unpaired) electrons. The predicted octanol–water partition coefficient (Wildman–Crippen LogP) is 0.526. The van der Waals surface area contributed by atoms with E-state index >= 15 is 0 Å². The summed E-state index contributed by atoms with van der Waals surface area (Å²) in [4.78, 5) is 25.4. The molecule has 1 heterocycles. The number of anilines is 1. The molecule has 0 aromatic heterocycles. The van der Waals surface area contributed by atoms with Crippen LogP contribution in [0.5, 0.6) is 0 Å². The zero-order valence-corrected chi connectivity index (χ0v) is 9.65. The van der Waals surface area contributed by atoms with Crippen LogP contribution in [0.3, 0.4) is 0 Å². The Morgan fingerprint density at radius 3 is 2.79 bits per heavy atom. The lowest BCUT2D eigenvalue weighted by molar-refractivity contribution is -0.112. The summed E-state index contributed by atoms with van der Waals surface area (Å²) in [6.45, 7) is -0.336. The number of nitrogens with zero attached hydrogens (tertiary/aromatic N) is 3. The van der Waals surface area contributed by atoms with Crippen LogP contribution < -0.4 is 5.32 Å². The number of hydrogen-bond acceptors (Lipinski definition) is 5. The molecule has 98 valence electrons. The number of carbonyl (C=O) groups is 2. The molecule has 1 aliphatic heterocycles. The molecule has 1 aromatic rings. The highest BCUT2D eigenvalue weighted by Crippen LogP contribution is 2.31. The minimum atomic E-state index is -1.42. The van der Waals surface area contributed by atoms with Crippen molar-refractivity contribution in [3.8, 4) is 0 Å². The lowest BCUT2D eigenvalue weighted by atomic mass is 9.96. The van der Waals surface area contributed by atoms with Crippen LogP contribution in [0.15, 0.2) is 23.3 Å². The minimum Gasteiger partial charge on any atom is -0.390 e. The molecule has 0 saturated carbocycles. The van der Waals surface area contributed by atoms with Gasteiger partial charge >= 0.3 is 0 Å². The van der Waals surface area contributed by atoms with Crippen molar-refractivity contribution >= 4 is 17.4 Å². The van der Waals surface area contributed by atoms with Gasteiger partial charge in [0.2, 0.25) is 0 Å². The number of carbonyl (C=O) groups excluding carboxylic acids is 2. The quantitative estimate of drug-likeness (QED) is 0.315. The van der Waals surface area contributed by atoms with Crippen molar-refractivity contribution in [2.24, 2.45) is 5.11 Å². The Hall–Kier alpha value is -2.41. The van der Waals surface area contributed by atoms with E-state index in [2.05, 4.69) is 15.3 Å². The third-order valence-electron chi connectivity index (χ3n) is 2.79. The molecule has 8 nitrogen and oxygen atoms in total. The van der Waals surface area contributed by atoms with Gasteiger partial charge in [-0.25, -0.2) is 0 Å². The molecular formula is C11H10N4O4. The molecule has 2 unspecified atom stereocenters. The largest absolute Gasteiger partial charge is 0.390 e. The maximum atomic E-state index is 11.7. The van der Waals surface area contributed by atoms with Gasteiger partial charge in [0.1, 0.15) is 6.10 Å². The number of aliphatic hydroxyl groups is 2. The zero-order valence-electron chi connectivity index (χ0n) is 9.65. The fourth-order valence-corrected chi connectivity index (χ4v) is 1.89. The summed E-state index contributed by atoms with van der Waals surface area (Å²) in [6.07, 6.45) is -2.77. The van der Waals surface area contributed by atoms with E-state index in [9.17, 15) is 19.8 Å². The second-order valence-corrected chi connectivity index (χ2v) is 3.98. The molecular weight excluding hydrogens is 252 g/mol. The Balaban J connectivity index is 2.37. The number of ketones is 1. The SMILES string of the molecule is [N-]=[N+]=NCC(O)C(O)c1cccc2c1C(=O)C(=O)N2. The van der Waals surface area contributed by atoms with Crippen LogP contribution in [0.2, 0.25) is 0 Å². The highest BCUT2D eigenvalue weighted by molar-refractivity contribution is 6.52. The first kappa shape index (κ1) is 13.0. The number of Topliss-reactive ketones (excluding diaryl/α,β-unsaturated/α-hetero) is 1.